The van der Waals surface area contributed by atoms with E-state index in [1.165, 1.54) is 36.4 Å². The first-order valence-corrected chi connectivity index (χ1v) is 9.63. The Morgan fingerprint density at radius 1 is 1.32 bits per heavy atom. The maximum absolute atomic E-state index is 11.8. The average molecular weight is 299 g/mol. The van der Waals surface area contributed by atoms with Gasteiger partial charge in [0, 0.05) is 23.1 Å². The lowest BCUT2D eigenvalue weighted by atomic mass is 9.79. The fourth-order valence-electron chi connectivity index (χ4n) is 2.97. The van der Waals surface area contributed by atoms with E-state index >= 15 is 0 Å². The Balaban J connectivity index is 2.50. The number of benzene rings is 1. The van der Waals surface area contributed by atoms with Gasteiger partial charge in [-0.05, 0) is 36.8 Å². The van der Waals surface area contributed by atoms with Crippen LogP contribution >= 0.6 is 11.8 Å². The van der Waals surface area contributed by atoms with Gasteiger partial charge >= 0.3 is 0 Å². The van der Waals surface area contributed by atoms with Crippen LogP contribution in [0, 0.1) is 0 Å². The van der Waals surface area contributed by atoms with Crippen molar-refractivity contribution in [1.82, 2.24) is 0 Å². The van der Waals surface area contributed by atoms with Crippen molar-refractivity contribution in [3.63, 3.8) is 0 Å². The largest absolute Gasteiger partial charge is 0.330 e. The lowest BCUT2D eigenvalue weighted by Crippen LogP contribution is -2.32. The second-order valence-corrected chi connectivity index (χ2v) is 8.16. The Morgan fingerprint density at radius 3 is 2.42 bits per heavy atom. The summed E-state index contributed by atoms with van der Waals surface area (Å²) in [5, 5.41) is 0. The van der Waals surface area contributed by atoms with Crippen molar-refractivity contribution >= 4 is 21.6 Å². The number of hydrogen-bond acceptors (Lipinski definition) is 4. The smallest absolute Gasteiger partial charge is 0.176 e. The summed E-state index contributed by atoms with van der Waals surface area (Å²) in [5.74, 6) is 0. The summed E-state index contributed by atoms with van der Waals surface area (Å²) in [6, 6.07) is 5.72. The Bertz CT molecular complexity index is 561. The van der Waals surface area contributed by atoms with Crippen molar-refractivity contribution in [3.05, 3.63) is 23.8 Å². The summed E-state index contributed by atoms with van der Waals surface area (Å²) in [6.45, 7) is 0.638. The van der Waals surface area contributed by atoms with Gasteiger partial charge in [0.15, 0.2) is 9.84 Å². The SMILES string of the molecule is CSc1cc(C2(CN)CCCC2)ccc1S(C)(=O)=O. The first kappa shape index (κ1) is 14.9. The maximum atomic E-state index is 11.8. The summed E-state index contributed by atoms with van der Waals surface area (Å²) >= 11 is 1.48. The second kappa shape index (κ2) is 5.46. The highest BCUT2D eigenvalue weighted by atomic mass is 32.2. The minimum atomic E-state index is -3.16. The zero-order valence-electron chi connectivity index (χ0n) is 11.5. The molecule has 1 aromatic rings. The minimum Gasteiger partial charge on any atom is -0.330 e. The highest BCUT2D eigenvalue weighted by Crippen LogP contribution is 2.42. The van der Waals surface area contributed by atoms with Crippen molar-refractivity contribution < 1.29 is 8.42 Å². The number of sulfone groups is 1. The molecule has 1 saturated carbocycles. The van der Waals surface area contributed by atoms with E-state index < -0.39 is 9.84 Å². The molecule has 5 heteroatoms. The van der Waals surface area contributed by atoms with Crippen LogP contribution in [0.1, 0.15) is 31.2 Å². The third-order valence-electron chi connectivity index (χ3n) is 4.13. The van der Waals surface area contributed by atoms with Crippen molar-refractivity contribution in [3.8, 4) is 0 Å². The lowest BCUT2D eigenvalue weighted by molar-refractivity contribution is 0.451. The molecule has 0 saturated heterocycles. The minimum absolute atomic E-state index is 0.0561. The fourth-order valence-corrected chi connectivity index (χ4v) is 4.92. The van der Waals surface area contributed by atoms with Crippen LogP contribution in [0.2, 0.25) is 0 Å². The van der Waals surface area contributed by atoms with E-state index in [1.807, 2.05) is 18.4 Å². The molecule has 0 atom stereocenters. The molecular weight excluding hydrogens is 278 g/mol. The Labute approximate surface area is 119 Å². The summed E-state index contributed by atoms with van der Waals surface area (Å²) in [4.78, 5) is 1.26. The maximum Gasteiger partial charge on any atom is 0.176 e. The molecule has 0 aromatic heterocycles. The van der Waals surface area contributed by atoms with Gasteiger partial charge in [0.25, 0.3) is 0 Å². The molecule has 0 unspecified atom stereocenters. The number of thioether (sulfide) groups is 1. The number of rotatable bonds is 4. The predicted molar refractivity (Wildman–Crippen MR) is 80.5 cm³/mol. The first-order valence-electron chi connectivity index (χ1n) is 6.52. The third kappa shape index (κ3) is 2.83. The highest BCUT2D eigenvalue weighted by Gasteiger charge is 2.34. The fraction of sp³-hybridized carbons (Fsp3) is 0.571. The normalized spacial score (nSPS) is 18.7. The van der Waals surface area contributed by atoms with Crippen molar-refractivity contribution in [2.24, 2.45) is 5.73 Å². The zero-order valence-corrected chi connectivity index (χ0v) is 13.1. The predicted octanol–water partition coefficient (Wildman–Crippen LogP) is 2.58. The first-order chi connectivity index (χ1) is 8.93. The molecule has 1 aliphatic rings. The zero-order chi connectivity index (χ0) is 14.1. The molecule has 19 heavy (non-hydrogen) atoms. The van der Waals surface area contributed by atoms with Gasteiger partial charge in [-0.15, -0.1) is 11.8 Å². The average Bonchev–Trinajstić information content (AvgIpc) is 2.87. The van der Waals surface area contributed by atoms with E-state index in [-0.39, 0.29) is 5.41 Å². The number of hydrogen-bond donors (Lipinski definition) is 1. The summed E-state index contributed by atoms with van der Waals surface area (Å²) in [7, 11) is -3.16. The topological polar surface area (TPSA) is 60.2 Å². The molecule has 0 heterocycles. The Morgan fingerprint density at radius 2 is 1.95 bits per heavy atom. The van der Waals surface area contributed by atoms with Gasteiger partial charge in [-0.25, -0.2) is 8.42 Å². The van der Waals surface area contributed by atoms with Crippen molar-refractivity contribution in [2.75, 3.05) is 19.1 Å². The van der Waals surface area contributed by atoms with Gasteiger partial charge < -0.3 is 5.73 Å². The third-order valence-corrected chi connectivity index (χ3v) is 6.19. The van der Waals surface area contributed by atoms with Gasteiger partial charge in [0.05, 0.1) is 4.90 Å². The van der Waals surface area contributed by atoms with Crippen LogP contribution in [-0.4, -0.2) is 27.5 Å². The number of nitrogens with two attached hydrogens (primary N) is 1. The monoisotopic (exact) mass is 299 g/mol. The van der Waals surface area contributed by atoms with Crippen LogP contribution in [-0.2, 0) is 15.3 Å². The van der Waals surface area contributed by atoms with Gasteiger partial charge in [-0.1, -0.05) is 18.9 Å². The molecule has 1 fully saturated rings. The molecule has 0 aliphatic heterocycles. The molecule has 1 aliphatic carbocycles. The van der Waals surface area contributed by atoms with E-state index in [0.717, 1.165) is 17.7 Å². The Kier molecular flexibility index (Phi) is 4.28. The van der Waals surface area contributed by atoms with Crippen molar-refractivity contribution in [1.29, 1.82) is 0 Å². The van der Waals surface area contributed by atoms with Crippen LogP contribution < -0.4 is 5.73 Å². The molecule has 1 aromatic carbocycles. The molecule has 0 bridgehead atoms. The quantitative estimate of drug-likeness (QED) is 0.868. The second-order valence-electron chi connectivity index (χ2n) is 5.33. The van der Waals surface area contributed by atoms with Gasteiger partial charge in [-0.2, -0.15) is 0 Å². The van der Waals surface area contributed by atoms with E-state index in [0.29, 0.717) is 11.4 Å². The van der Waals surface area contributed by atoms with Crippen LogP contribution in [0.25, 0.3) is 0 Å². The van der Waals surface area contributed by atoms with Gasteiger partial charge in [-0.3, -0.25) is 0 Å². The van der Waals surface area contributed by atoms with Crippen molar-refractivity contribution in [2.45, 2.75) is 40.9 Å². The molecule has 0 amide bonds. The van der Waals surface area contributed by atoms with Gasteiger partial charge in [0.1, 0.15) is 0 Å². The molecule has 3 nitrogen and oxygen atoms in total. The Hall–Kier alpha value is -0.520. The lowest BCUT2D eigenvalue weighted by Gasteiger charge is -2.28. The van der Waals surface area contributed by atoms with Crippen LogP contribution in [0.15, 0.2) is 28.0 Å². The molecular formula is C14H21NO2S2. The molecule has 0 spiro atoms. The molecule has 2 rings (SSSR count). The van der Waals surface area contributed by atoms with E-state index in [4.69, 9.17) is 5.73 Å². The standard InChI is InChI=1S/C14H21NO2S2/c1-18-12-9-11(5-6-13(12)19(2,16)17)14(10-15)7-3-4-8-14/h5-6,9H,3-4,7-8,10,15H2,1-2H3. The summed E-state index contributed by atoms with van der Waals surface area (Å²) in [6.07, 6.45) is 7.80. The summed E-state index contributed by atoms with van der Waals surface area (Å²) in [5.41, 5.74) is 7.25. The van der Waals surface area contributed by atoms with Crippen LogP contribution in [0.3, 0.4) is 0 Å². The van der Waals surface area contributed by atoms with Crippen LogP contribution in [0.5, 0.6) is 0 Å². The molecule has 2 N–H and O–H groups in total. The molecule has 0 radical (unpaired) electrons. The van der Waals surface area contributed by atoms with Gasteiger partial charge in [0.2, 0.25) is 0 Å². The van der Waals surface area contributed by atoms with E-state index in [9.17, 15) is 8.42 Å². The molecule has 106 valence electrons. The summed E-state index contributed by atoms with van der Waals surface area (Å²) < 4.78 is 23.5. The highest BCUT2D eigenvalue weighted by molar-refractivity contribution is 7.99. The van der Waals surface area contributed by atoms with E-state index in [1.54, 1.807) is 6.07 Å². The van der Waals surface area contributed by atoms with Crippen LogP contribution in [0.4, 0.5) is 0 Å². The van der Waals surface area contributed by atoms with E-state index in [2.05, 4.69) is 0 Å².